The van der Waals surface area contributed by atoms with Gasteiger partial charge in [0.25, 0.3) is 0 Å². The van der Waals surface area contributed by atoms with Crippen molar-refractivity contribution < 1.29 is 13.9 Å². The van der Waals surface area contributed by atoms with Gasteiger partial charge in [0.1, 0.15) is 0 Å². The predicted molar refractivity (Wildman–Crippen MR) is 74.9 cm³/mol. The number of hydrogen-bond donors (Lipinski definition) is 1. The van der Waals surface area contributed by atoms with Crippen LogP contribution in [-0.4, -0.2) is 31.0 Å². The van der Waals surface area contributed by atoms with Gasteiger partial charge in [-0.3, -0.25) is 4.79 Å². The van der Waals surface area contributed by atoms with Crippen LogP contribution in [0.2, 0.25) is 0 Å². The molecule has 0 spiro atoms. The topological polar surface area (TPSA) is 55.6 Å². The molecule has 4 nitrogen and oxygen atoms in total. The molecule has 0 aromatic heterocycles. The van der Waals surface area contributed by atoms with Crippen molar-refractivity contribution in [2.24, 2.45) is 11.7 Å². The molecule has 2 atom stereocenters. The van der Waals surface area contributed by atoms with Crippen molar-refractivity contribution in [1.82, 2.24) is 4.90 Å². The molecule has 0 aliphatic carbocycles. The fourth-order valence-electron chi connectivity index (χ4n) is 2.56. The molecule has 1 saturated heterocycles. The number of hydrogen-bond acceptors (Lipinski definition) is 3. The first kappa shape index (κ1) is 14.8. The van der Waals surface area contributed by atoms with Crippen LogP contribution in [0.25, 0.3) is 0 Å². The third-order valence-electron chi connectivity index (χ3n) is 3.89. The minimum atomic E-state index is -0.431. The number of benzene rings is 1. The summed E-state index contributed by atoms with van der Waals surface area (Å²) in [7, 11) is 1.42. The summed E-state index contributed by atoms with van der Waals surface area (Å²) in [6.07, 6.45) is 1.59. The standard InChI is InChI=1S/C15H21FN2O2/c1-3-10-6-15(19)18(8-10)9-13(17)11-4-5-14(20-2)12(16)7-11/h4-5,7,10,13H,3,6,8-9,17H2,1-2H3. The summed E-state index contributed by atoms with van der Waals surface area (Å²) in [4.78, 5) is 13.6. The Balaban J connectivity index is 2.03. The lowest BCUT2D eigenvalue weighted by Crippen LogP contribution is -2.33. The van der Waals surface area contributed by atoms with Gasteiger partial charge in [0, 0.05) is 25.6 Å². The largest absolute Gasteiger partial charge is 0.494 e. The number of amides is 1. The molecule has 1 aromatic rings. The van der Waals surface area contributed by atoms with Crippen molar-refractivity contribution in [3.05, 3.63) is 29.6 Å². The van der Waals surface area contributed by atoms with Gasteiger partial charge in [-0.05, 0) is 23.6 Å². The van der Waals surface area contributed by atoms with Crippen molar-refractivity contribution in [2.45, 2.75) is 25.8 Å². The Hall–Kier alpha value is -1.62. The van der Waals surface area contributed by atoms with E-state index in [-0.39, 0.29) is 17.7 Å². The number of rotatable bonds is 5. The van der Waals surface area contributed by atoms with E-state index in [0.717, 1.165) is 13.0 Å². The van der Waals surface area contributed by atoms with Gasteiger partial charge in [-0.25, -0.2) is 4.39 Å². The van der Waals surface area contributed by atoms with Crippen molar-refractivity contribution in [1.29, 1.82) is 0 Å². The molecule has 20 heavy (non-hydrogen) atoms. The molecular formula is C15H21FN2O2. The number of nitrogens with zero attached hydrogens (tertiary/aromatic N) is 1. The SMILES string of the molecule is CCC1CC(=O)N(CC(N)c2ccc(OC)c(F)c2)C1. The molecule has 110 valence electrons. The van der Waals surface area contributed by atoms with Gasteiger partial charge >= 0.3 is 0 Å². The molecule has 0 bridgehead atoms. The molecule has 0 radical (unpaired) electrons. The van der Waals surface area contributed by atoms with Crippen LogP contribution in [0.15, 0.2) is 18.2 Å². The third kappa shape index (κ3) is 3.10. The zero-order chi connectivity index (χ0) is 14.7. The second-order valence-corrected chi connectivity index (χ2v) is 5.28. The van der Waals surface area contributed by atoms with Gasteiger partial charge in [-0.1, -0.05) is 19.4 Å². The molecule has 1 aliphatic heterocycles. The number of halogens is 1. The van der Waals surface area contributed by atoms with E-state index in [0.29, 0.717) is 24.4 Å². The van der Waals surface area contributed by atoms with Crippen LogP contribution in [0.3, 0.4) is 0 Å². The van der Waals surface area contributed by atoms with E-state index >= 15 is 0 Å². The van der Waals surface area contributed by atoms with Crippen LogP contribution in [0.5, 0.6) is 5.75 Å². The smallest absolute Gasteiger partial charge is 0.222 e. The summed E-state index contributed by atoms with van der Waals surface area (Å²) >= 11 is 0. The molecule has 5 heteroatoms. The van der Waals surface area contributed by atoms with Gasteiger partial charge in [-0.2, -0.15) is 0 Å². The third-order valence-corrected chi connectivity index (χ3v) is 3.89. The quantitative estimate of drug-likeness (QED) is 0.898. The van der Waals surface area contributed by atoms with Crippen LogP contribution in [-0.2, 0) is 4.79 Å². The number of carbonyl (C=O) groups is 1. The Morgan fingerprint density at radius 3 is 2.85 bits per heavy atom. The van der Waals surface area contributed by atoms with E-state index in [1.807, 2.05) is 0 Å². The molecule has 1 fully saturated rings. The van der Waals surface area contributed by atoms with E-state index < -0.39 is 5.82 Å². The normalized spacial score (nSPS) is 20.3. The number of ether oxygens (including phenoxy) is 1. The zero-order valence-electron chi connectivity index (χ0n) is 11.9. The van der Waals surface area contributed by atoms with Crippen molar-refractivity contribution >= 4 is 5.91 Å². The van der Waals surface area contributed by atoms with Crippen LogP contribution in [0.4, 0.5) is 4.39 Å². The van der Waals surface area contributed by atoms with E-state index in [1.54, 1.807) is 17.0 Å². The Bertz CT molecular complexity index is 493. The van der Waals surface area contributed by atoms with Gasteiger partial charge in [0.05, 0.1) is 7.11 Å². The van der Waals surface area contributed by atoms with Gasteiger partial charge in [0.15, 0.2) is 11.6 Å². The maximum Gasteiger partial charge on any atom is 0.222 e. The minimum Gasteiger partial charge on any atom is -0.494 e. The molecular weight excluding hydrogens is 259 g/mol. The first-order valence-electron chi connectivity index (χ1n) is 6.92. The molecule has 1 aromatic carbocycles. The van der Waals surface area contributed by atoms with Crippen LogP contribution >= 0.6 is 0 Å². The summed E-state index contributed by atoms with van der Waals surface area (Å²) in [5, 5.41) is 0. The fourth-order valence-corrected chi connectivity index (χ4v) is 2.56. The monoisotopic (exact) mass is 280 g/mol. The van der Waals surface area contributed by atoms with Crippen LogP contribution in [0.1, 0.15) is 31.4 Å². The highest BCUT2D eigenvalue weighted by Gasteiger charge is 2.29. The summed E-state index contributed by atoms with van der Waals surface area (Å²) < 4.78 is 18.5. The molecule has 2 N–H and O–H groups in total. The molecule has 0 saturated carbocycles. The number of carbonyl (C=O) groups excluding carboxylic acids is 1. The molecule has 2 rings (SSSR count). The lowest BCUT2D eigenvalue weighted by atomic mass is 10.1. The fraction of sp³-hybridized carbons (Fsp3) is 0.533. The first-order chi connectivity index (χ1) is 9.55. The highest BCUT2D eigenvalue weighted by molar-refractivity contribution is 5.78. The first-order valence-corrected chi connectivity index (χ1v) is 6.92. The summed E-state index contributed by atoms with van der Waals surface area (Å²) in [5.41, 5.74) is 6.76. The average Bonchev–Trinajstić information content (AvgIpc) is 2.79. The summed E-state index contributed by atoms with van der Waals surface area (Å²) in [6, 6.07) is 4.30. The van der Waals surface area contributed by atoms with Crippen molar-refractivity contribution in [3.8, 4) is 5.75 Å². The van der Waals surface area contributed by atoms with E-state index in [2.05, 4.69) is 6.92 Å². The predicted octanol–water partition coefficient (Wildman–Crippen LogP) is 2.09. The lowest BCUT2D eigenvalue weighted by Gasteiger charge is -2.21. The lowest BCUT2D eigenvalue weighted by molar-refractivity contribution is -0.127. The van der Waals surface area contributed by atoms with Crippen molar-refractivity contribution in [3.63, 3.8) is 0 Å². The second kappa shape index (κ2) is 6.22. The molecule has 2 unspecified atom stereocenters. The Morgan fingerprint density at radius 1 is 1.55 bits per heavy atom. The Morgan fingerprint density at radius 2 is 2.30 bits per heavy atom. The molecule has 1 heterocycles. The minimum absolute atomic E-state index is 0.140. The average molecular weight is 280 g/mol. The second-order valence-electron chi connectivity index (χ2n) is 5.28. The number of methoxy groups -OCH3 is 1. The summed E-state index contributed by atoms with van der Waals surface area (Å²) in [5.74, 6) is 0.326. The Kier molecular flexibility index (Phi) is 4.60. The number of nitrogens with two attached hydrogens (primary N) is 1. The van der Waals surface area contributed by atoms with E-state index in [4.69, 9.17) is 10.5 Å². The van der Waals surface area contributed by atoms with Gasteiger partial charge in [-0.15, -0.1) is 0 Å². The zero-order valence-corrected chi connectivity index (χ0v) is 11.9. The molecule has 1 amide bonds. The van der Waals surface area contributed by atoms with E-state index in [9.17, 15) is 9.18 Å². The van der Waals surface area contributed by atoms with Crippen LogP contribution < -0.4 is 10.5 Å². The Labute approximate surface area is 118 Å². The van der Waals surface area contributed by atoms with Gasteiger partial charge < -0.3 is 15.4 Å². The van der Waals surface area contributed by atoms with Gasteiger partial charge in [0.2, 0.25) is 5.91 Å². The number of likely N-dealkylation sites (tertiary alicyclic amines) is 1. The van der Waals surface area contributed by atoms with E-state index in [1.165, 1.54) is 13.2 Å². The highest BCUT2D eigenvalue weighted by atomic mass is 19.1. The maximum absolute atomic E-state index is 13.7. The highest BCUT2D eigenvalue weighted by Crippen LogP contribution is 2.25. The molecule has 1 aliphatic rings. The van der Waals surface area contributed by atoms with Crippen molar-refractivity contribution in [2.75, 3.05) is 20.2 Å². The van der Waals surface area contributed by atoms with Crippen LogP contribution in [0, 0.1) is 11.7 Å². The maximum atomic E-state index is 13.7. The summed E-state index contributed by atoms with van der Waals surface area (Å²) in [6.45, 7) is 3.27.